The van der Waals surface area contributed by atoms with Crippen molar-refractivity contribution in [2.24, 2.45) is 0 Å². The number of nitrogens with zero attached hydrogens (tertiary/aromatic N) is 1. The minimum Gasteiger partial charge on any atom is -0.382 e. The Hall–Kier alpha value is -1.84. The molecule has 20 heavy (non-hydrogen) atoms. The van der Waals surface area contributed by atoms with Gasteiger partial charge in [-0.1, -0.05) is 53.6 Å². The third kappa shape index (κ3) is 3.18. The zero-order valence-electron chi connectivity index (χ0n) is 11.2. The molecule has 1 N–H and O–H groups in total. The Morgan fingerprint density at radius 2 is 2.30 bits per heavy atom. The summed E-state index contributed by atoms with van der Waals surface area (Å²) in [5, 5.41) is 10.5. The van der Waals surface area contributed by atoms with Gasteiger partial charge in [0.2, 0.25) is 0 Å². The molecule has 0 saturated heterocycles. The van der Waals surface area contributed by atoms with E-state index in [2.05, 4.69) is 0 Å². The molecule has 3 nitrogen and oxygen atoms in total. The summed E-state index contributed by atoms with van der Waals surface area (Å²) in [5.41, 5.74) is 4.28. The van der Waals surface area contributed by atoms with Gasteiger partial charge in [-0.2, -0.15) is 0 Å². The van der Waals surface area contributed by atoms with Gasteiger partial charge in [0.05, 0.1) is 5.70 Å². The standard InChI is InChI=1S/C16H16ClNO2/c1-12-4-2-6-14(8-12)16(20)15(9-17)18-7-3-5-13(10-18)11-19/h2-6,8-11,16,20H,7H2,1H3/b15-9-. The lowest BCUT2D eigenvalue weighted by atomic mass is 10.0. The Morgan fingerprint density at radius 1 is 1.50 bits per heavy atom. The van der Waals surface area contributed by atoms with Gasteiger partial charge in [0.1, 0.15) is 6.10 Å². The number of aryl methyl sites for hydroxylation is 1. The molecule has 0 fully saturated rings. The van der Waals surface area contributed by atoms with E-state index in [0.717, 1.165) is 17.4 Å². The van der Waals surface area contributed by atoms with E-state index < -0.39 is 6.10 Å². The number of aliphatic hydroxyl groups excluding tert-OH is 1. The molecule has 1 aliphatic heterocycles. The molecule has 1 heterocycles. The summed E-state index contributed by atoms with van der Waals surface area (Å²) in [6.07, 6.45) is 5.22. The lowest BCUT2D eigenvalue weighted by Gasteiger charge is -2.28. The van der Waals surface area contributed by atoms with Crippen LogP contribution >= 0.6 is 11.6 Å². The fraction of sp³-hybridized carbons (Fsp3) is 0.188. The molecule has 1 aromatic carbocycles. The van der Waals surface area contributed by atoms with Crippen LogP contribution in [-0.2, 0) is 4.79 Å². The summed E-state index contributed by atoms with van der Waals surface area (Å²) in [5.74, 6) is 0. The normalized spacial score (nSPS) is 16.9. The lowest BCUT2D eigenvalue weighted by Crippen LogP contribution is -2.24. The molecule has 0 aliphatic carbocycles. The number of aldehydes is 1. The molecule has 1 aromatic rings. The number of halogens is 1. The maximum Gasteiger partial charge on any atom is 0.151 e. The van der Waals surface area contributed by atoms with Gasteiger partial charge in [-0.15, -0.1) is 0 Å². The van der Waals surface area contributed by atoms with Crippen LogP contribution in [0.25, 0.3) is 0 Å². The molecule has 2 rings (SSSR count). The van der Waals surface area contributed by atoms with Crippen molar-refractivity contribution < 1.29 is 9.90 Å². The van der Waals surface area contributed by atoms with Gasteiger partial charge < -0.3 is 10.0 Å². The van der Waals surface area contributed by atoms with Gasteiger partial charge in [-0.05, 0) is 12.5 Å². The summed E-state index contributed by atoms with van der Waals surface area (Å²) < 4.78 is 0. The number of allylic oxidation sites excluding steroid dienone is 2. The van der Waals surface area contributed by atoms with E-state index in [1.165, 1.54) is 5.54 Å². The molecular formula is C16H16ClNO2. The second kappa shape index (κ2) is 6.55. The van der Waals surface area contributed by atoms with E-state index >= 15 is 0 Å². The lowest BCUT2D eigenvalue weighted by molar-refractivity contribution is -0.104. The van der Waals surface area contributed by atoms with Crippen LogP contribution in [0.5, 0.6) is 0 Å². The van der Waals surface area contributed by atoms with Crippen molar-refractivity contribution in [2.45, 2.75) is 13.0 Å². The maximum absolute atomic E-state index is 10.8. The first kappa shape index (κ1) is 14.6. The van der Waals surface area contributed by atoms with Gasteiger partial charge in [0.15, 0.2) is 6.29 Å². The van der Waals surface area contributed by atoms with Crippen molar-refractivity contribution in [3.63, 3.8) is 0 Å². The predicted octanol–water partition coefficient (Wildman–Crippen LogP) is 3.06. The van der Waals surface area contributed by atoms with Crippen LogP contribution in [0.1, 0.15) is 17.2 Å². The molecule has 1 atom stereocenters. The molecule has 0 saturated carbocycles. The van der Waals surface area contributed by atoms with Gasteiger partial charge in [0.25, 0.3) is 0 Å². The average Bonchev–Trinajstić information content (AvgIpc) is 2.48. The molecular weight excluding hydrogens is 274 g/mol. The third-order valence-electron chi connectivity index (χ3n) is 3.13. The minimum absolute atomic E-state index is 0.543. The van der Waals surface area contributed by atoms with E-state index in [0.29, 0.717) is 17.8 Å². The van der Waals surface area contributed by atoms with E-state index in [1.54, 1.807) is 17.2 Å². The fourth-order valence-corrected chi connectivity index (χ4v) is 2.36. The first-order valence-corrected chi connectivity index (χ1v) is 6.74. The molecule has 104 valence electrons. The van der Waals surface area contributed by atoms with Crippen LogP contribution in [0.2, 0.25) is 0 Å². The summed E-state index contributed by atoms with van der Waals surface area (Å²) in [4.78, 5) is 12.6. The van der Waals surface area contributed by atoms with Crippen molar-refractivity contribution in [3.05, 3.63) is 70.5 Å². The summed E-state index contributed by atoms with van der Waals surface area (Å²) in [6, 6.07) is 7.62. The van der Waals surface area contributed by atoms with Crippen LogP contribution < -0.4 is 0 Å². The summed E-state index contributed by atoms with van der Waals surface area (Å²) in [6.45, 7) is 2.53. The quantitative estimate of drug-likeness (QED) is 0.866. The number of rotatable bonds is 4. The third-order valence-corrected chi connectivity index (χ3v) is 3.36. The van der Waals surface area contributed by atoms with E-state index in [-0.39, 0.29) is 0 Å². The number of aliphatic hydroxyl groups is 1. The number of benzene rings is 1. The van der Waals surface area contributed by atoms with E-state index in [1.807, 2.05) is 37.3 Å². The molecule has 0 spiro atoms. The molecule has 0 bridgehead atoms. The zero-order valence-corrected chi connectivity index (χ0v) is 11.9. The number of carbonyl (C=O) groups is 1. The van der Waals surface area contributed by atoms with Gasteiger partial charge in [-0.3, -0.25) is 4.79 Å². The van der Waals surface area contributed by atoms with Crippen LogP contribution in [0, 0.1) is 6.92 Å². The minimum atomic E-state index is -0.831. The molecule has 1 aliphatic rings. The number of carbonyl (C=O) groups excluding carboxylic acids is 1. The SMILES string of the molecule is Cc1cccc(C(O)/C(=C/Cl)N2C=C(C=O)C=CC2)c1. The summed E-state index contributed by atoms with van der Waals surface area (Å²) in [7, 11) is 0. The molecule has 4 heteroatoms. The van der Waals surface area contributed by atoms with Crippen LogP contribution in [0.15, 0.2) is 59.4 Å². The Labute approximate surface area is 123 Å². The smallest absolute Gasteiger partial charge is 0.151 e. The highest BCUT2D eigenvalue weighted by Crippen LogP contribution is 2.27. The first-order chi connectivity index (χ1) is 9.65. The number of hydrogen-bond acceptors (Lipinski definition) is 3. The van der Waals surface area contributed by atoms with Crippen LogP contribution in [0.3, 0.4) is 0 Å². The molecule has 0 aromatic heterocycles. The van der Waals surface area contributed by atoms with E-state index in [9.17, 15) is 9.90 Å². The Bertz CT molecular complexity index is 590. The van der Waals surface area contributed by atoms with Crippen LogP contribution in [-0.4, -0.2) is 22.8 Å². The zero-order chi connectivity index (χ0) is 14.5. The first-order valence-electron chi connectivity index (χ1n) is 6.31. The molecule has 1 unspecified atom stereocenters. The van der Waals surface area contributed by atoms with E-state index in [4.69, 9.17) is 11.6 Å². The highest BCUT2D eigenvalue weighted by atomic mass is 35.5. The summed E-state index contributed by atoms with van der Waals surface area (Å²) >= 11 is 5.87. The van der Waals surface area contributed by atoms with Gasteiger partial charge >= 0.3 is 0 Å². The van der Waals surface area contributed by atoms with Crippen molar-refractivity contribution in [2.75, 3.05) is 6.54 Å². The topological polar surface area (TPSA) is 40.5 Å². The van der Waals surface area contributed by atoms with Gasteiger partial charge in [0, 0.05) is 23.9 Å². The van der Waals surface area contributed by atoms with Crippen molar-refractivity contribution in [1.29, 1.82) is 0 Å². The predicted molar refractivity (Wildman–Crippen MR) is 80.1 cm³/mol. The van der Waals surface area contributed by atoms with Crippen LogP contribution in [0.4, 0.5) is 0 Å². The average molecular weight is 290 g/mol. The number of hydrogen-bond donors (Lipinski definition) is 1. The largest absolute Gasteiger partial charge is 0.382 e. The molecule has 0 radical (unpaired) electrons. The Balaban J connectivity index is 2.27. The maximum atomic E-state index is 10.8. The second-order valence-electron chi connectivity index (χ2n) is 4.65. The highest BCUT2D eigenvalue weighted by molar-refractivity contribution is 6.25. The monoisotopic (exact) mass is 289 g/mol. The Morgan fingerprint density at radius 3 is 2.95 bits per heavy atom. The fourth-order valence-electron chi connectivity index (χ4n) is 2.12. The van der Waals surface area contributed by atoms with Crippen molar-refractivity contribution in [3.8, 4) is 0 Å². The van der Waals surface area contributed by atoms with Gasteiger partial charge in [-0.25, -0.2) is 0 Å². The second-order valence-corrected chi connectivity index (χ2v) is 4.87. The van der Waals surface area contributed by atoms with Crippen molar-refractivity contribution in [1.82, 2.24) is 4.90 Å². The van der Waals surface area contributed by atoms with Crippen molar-refractivity contribution >= 4 is 17.9 Å². The Kier molecular flexibility index (Phi) is 4.77. The highest BCUT2D eigenvalue weighted by Gasteiger charge is 2.19. The molecule has 0 amide bonds.